The number of pyridine rings is 1. The van der Waals surface area contributed by atoms with E-state index in [2.05, 4.69) is 38.1 Å². The van der Waals surface area contributed by atoms with E-state index in [1.807, 2.05) is 11.0 Å². The summed E-state index contributed by atoms with van der Waals surface area (Å²) < 4.78 is 0. The van der Waals surface area contributed by atoms with E-state index in [1.54, 1.807) is 0 Å². The number of rotatable bonds is 1. The van der Waals surface area contributed by atoms with E-state index in [0.29, 0.717) is 0 Å². The highest BCUT2D eigenvalue weighted by atomic mass is 32.1. The predicted octanol–water partition coefficient (Wildman–Crippen LogP) is 4.63. The molecule has 0 aliphatic carbocycles. The molecule has 0 atom stereocenters. The summed E-state index contributed by atoms with van der Waals surface area (Å²) in [7, 11) is 0. The van der Waals surface area contributed by atoms with E-state index in [0.717, 1.165) is 57.8 Å². The Morgan fingerprint density at radius 3 is 2.74 bits per heavy atom. The number of nitrogens with zero attached hydrogens (tertiary/aromatic N) is 2. The van der Waals surface area contributed by atoms with E-state index in [9.17, 15) is 4.79 Å². The first-order chi connectivity index (χ1) is 11.1. The molecule has 2 aromatic heterocycles. The molecule has 1 fully saturated rings. The summed E-state index contributed by atoms with van der Waals surface area (Å²) in [6.07, 6.45) is 2.22. The van der Waals surface area contributed by atoms with Gasteiger partial charge < -0.3 is 4.90 Å². The van der Waals surface area contributed by atoms with Crippen molar-refractivity contribution in [3.05, 3.63) is 40.8 Å². The van der Waals surface area contributed by atoms with Gasteiger partial charge in [-0.25, -0.2) is 4.98 Å². The molecule has 1 aliphatic rings. The SMILES string of the molecule is Cc1ccc2cc3cc(C(=O)N4CCC(C)CC4)sc3nc2c1. The van der Waals surface area contributed by atoms with Crippen LogP contribution >= 0.6 is 11.3 Å². The Morgan fingerprint density at radius 2 is 1.96 bits per heavy atom. The van der Waals surface area contributed by atoms with Gasteiger partial charge in [-0.1, -0.05) is 19.1 Å². The number of carbonyl (C=O) groups is 1. The quantitative estimate of drug-likeness (QED) is 0.654. The standard InChI is InChI=1S/C19H20N2OS/c1-12-5-7-21(8-6-12)19(22)17-11-15-10-14-4-3-13(2)9-16(14)20-18(15)23-17/h3-4,9-12H,5-8H2,1-2H3. The van der Waals surface area contributed by atoms with Crippen LogP contribution in [0.25, 0.3) is 21.1 Å². The topological polar surface area (TPSA) is 33.2 Å². The molecule has 23 heavy (non-hydrogen) atoms. The van der Waals surface area contributed by atoms with Crippen LogP contribution in [0.2, 0.25) is 0 Å². The van der Waals surface area contributed by atoms with Crippen LogP contribution in [0, 0.1) is 12.8 Å². The minimum absolute atomic E-state index is 0.167. The zero-order valence-corrected chi connectivity index (χ0v) is 14.3. The van der Waals surface area contributed by atoms with E-state index in [-0.39, 0.29) is 5.91 Å². The van der Waals surface area contributed by atoms with Gasteiger partial charge in [0.2, 0.25) is 0 Å². The molecule has 3 heterocycles. The highest BCUT2D eigenvalue weighted by Crippen LogP contribution is 2.29. The van der Waals surface area contributed by atoms with Crippen molar-refractivity contribution in [2.24, 2.45) is 5.92 Å². The summed E-state index contributed by atoms with van der Waals surface area (Å²) in [5, 5.41) is 2.20. The maximum atomic E-state index is 12.7. The number of carbonyl (C=O) groups excluding carboxylic acids is 1. The van der Waals surface area contributed by atoms with Crippen molar-refractivity contribution in [2.45, 2.75) is 26.7 Å². The van der Waals surface area contributed by atoms with Gasteiger partial charge in [0.05, 0.1) is 10.4 Å². The number of benzene rings is 1. The molecule has 1 saturated heterocycles. The zero-order chi connectivity index (χ0) is 16.0. The smallest absolute Gasteiger partial charge is 0.264 e. The highest BCUT2D eigenvalue weighted by molar-refractivity contribution is 7.20. The van der Waals surface area contributed by atoms with Gasteiger partial charge >= 0.3 is 0 Å². The fourth-order valence-corrected chi connectivity index (χ4v) is 4.20. The molecule has 0 unspecified atom stereocenters. The lowest BCUT2D eigenvalue weighted by Gasteiger charge is -2.29. The minimum Gasteiger partial charge on any atom is -0.338 e. The van der Waals surface area contributed by atoms with Gasteiger partial charge in [-0.15, -0.1) is 11.3 Å². The van der Waals surface area contributed by atoms with Crippen LogP contribution in [0.4, 0.5) is 0 Å². The number of likely N-dealkylation sites (tertiary alicyclic amines) is 1. The summed E-state index contributed by atoms with van der Waals surface area (Å²) in [5.41, 5.74) is 2.21. The fourth-order valence-electron chi connectivity index (χ4n) is 3.21. The molecule has 0 spiro atoms. The predicted molar refractivity (Wildman–Crippen MR) is 96.2 cm³/mol. The first-order valence-electron chi connectivity index (χ1n) is 8.20. The number of aromatic nitrogens is 1. The second kappa shape index (κ2) is 5.60. The molecule has 3 aromatic rings. The Labute approximate surface area is 139 Å². The highest BCUT2D eigenvalue weighted by Gasteiger charge is 2.23. The third-order valence-corrected chi connectivity index (χ3v) is 5.77. The second-order valence-corrected chi connectivity index (χ2v) is 7.69. The molecule has 1 aromatic carbocycles. The molecule has 0 saturated carbocycles. The molecular weight excluding hydrogens is 304 g/mol. The Hall–Kier alpha value is -1.94. The van der Waals surface area contributed by atoms with Gasteiger partial charge in [0, 0.05) is 23.9 Å². The molecule has 0 bridgehead atoms. The van der Waals surface area contributed by atoms with Gasteiger partial charge in [-0.3, -0.25) is 4.79 Å². The summed E-state index contributed by atoms with van der Waals surface area (Å²) in [6, 6.07) is 10.4. The fraction of sp³-hybridized carbons (Fsp3) is 0.368. The first kappa shape index (κ1) is 14.6. The third-order valence-electron chi connectivity index (χ3n) is 4.74. The lowest BCUT2D eigenvalue weighted by Crippen LogP contribution is -2.37. The maximum Gasteiger partial charge on any atom is 0.264 e. The molecule has 4 rings (SSSR count). The van der Waals surface area contributed by atoms with Crippen LogP contribution in [0.15, 0.2) is 30.3 Å². The summed E-state index contributed by atoms with van der Waals surface area (Å²) in [6.45, 7) is 6.09. The van der Waals surface area contributed by atoms with Crippen molar-refractivity contribution in [1.82, 2.24) is 9.88 Å². The molecule has 0 N–H and O–H groups in total. The first-order valence-corrected chi connectivity index (χ1v) is 9.02. The average molecular weight is 324 g/mol. The van der Waals surface area contributed by atoms with Crippen LogP contribution < -0.4 is 0 Å². The number of hydrogen-bond donors (Lipinski definition) is 0. The zero-order valence-electron chi connectivity index (χ0n) is 13.5. The molecule has 1 amide bonds. The molecule has 1 aliphatic heterocycles. The lowest BCUT2D eigenvalue weighted by molar-refractivity contribution is 0.0702. The third kappa shape index (κ3) is 2.72. The van der Waals surface area contributed by atoms with Crippen molar-refractivity contribution >= 4 is 38.4 Å². The van der Waals surface area contributed by atoms with Gasteiger partial charge in [0.15, 0.2) is 0 Å². The van der Waals surface area contributed by atoms with Crippen molar-refractivity contribution in [1.29, 1.82) is 0 Å². The number of piperidine rings is 1. The Bertz CT molecular complexity index is 891. The van der Waals surface area contributed by atoms with Gasteiger partial charge in [-0.2, -0.15) is 0 Å². The van der Waals surface area contributed by atoms with Crippen LogP contribution in [-0.2, 0) is 0 Å². The molecule has 118 valence electrons. The molecule has 3 nitrogen and oxygen atoms in total. The van der Waals surface area contributed by atoms with Crippen LogP contribution in [-0.4, -0.2) is 28.9 Å². The second-order valence-electron chi connectivity index (χ2n) is 6.66. The Kier molecular flexibility index (Phi) is 3.57. The van der Waals surface area contributed by atoms with Crippen molar-refractivity contribution in [3.8, 4) is 0 Å². The van der Waals surface area contributed by atoms with E-state index >= 15 is 0 Å². The van der Waals surface area contributed by atoms with E-state index in [4.69, 9.17) is 4.98 Å². The van der Waals surface area contributed by atoms with Gasteiger partial charge in [-0.05, 0) is 49.4 Å². The summed E-state index contributed by atoms with van der Waals surface area (Å²) in [5.74, 6) is 0.900. The molecule has 4 heteroatoms. The van der Waals surface area contributed by atoms with E-state index < -0.39 is 0 Å². The molecular formula is C19H20N2OS. The minimum atomic E-state index is 0.167. The molecule has 0 radical (unpaired) electrons. The Morgan fingerprint density at radius 1 is 1.17 bits per heavy atom. The van der Waals surface area contributed by atoms with Crippen LogP contribution in [0.5, 0.6) is 0 Å². The average Bonchev–Trinajstić information content (AvgIpc) is 2.95. The maximum absolute atomic E-state index is 12.7. The van der Waals surface area contributed by atoms with Crippen LogP contribution in [0.1, 0.15) is 35.0 Å². The number of amides is 1. The summed E-state index contributed by atoms with van der Waals surface area (Å²) in [4.78, 5) is 21.2. The van der Waals surface area contributed by atoms with Gasteiger partial charge in [0.1, 0.15) is 4.83 Å². The number of thiophene rings is 1. The largest absolute Gasteiger partial charge is 0.338 e. The number of hydrogen-bond acceptors (Lipinski definition) is 3. The Balaban J connectivity index is 1.70. The van der Waals surface area contributed by atoms with Crippen molar-refractivity contribution in [2.75, 3.05) is 13.1 Å². The number of aryl methyl sites for hydroxylation is 1. The van der Waals surface area contributed by atoms with Crippen molar-refractivity contribution in [3.63, 3.8) is 0 Å². The van der Waals surface area contributed by atoms with Crippen LogP contribution in [0.3, 0.4) is 0 Å². The van der Waals surface area contributed by atoms with Gasteiger partial charge in [0.25, 0.3) is 5.91 Å². The normalized spacial score (nSPS) is 16.3. The summed E-state index contributed by atoms with van der Waals surface area (Å²) >= 11 is 1.52. The van der Waals surface area contributed by atoms with Crippen molar-refractivity contribution < 1.29 is 4.79 Å². The lowest BCUT2D eigenvalue weighted by atomic mass is 9.99. The number of fused-ring (bicyclic) bond motifs is 2. The monoisotopic (exact) mass is 324 g/mol. The van der Waals surface area contributed by atoms with E-state index in [1.165, 1.54) is 16.9 Å².